The summed E-state index contributed by atoms with van der Waals surface area (Å²) in [5.41, 5.74) is 2.37. The van der Waals surface area contributed by atoms with Gasteiger partial charge >= 0.3 is 0 Å². The van der Waals surface area contributed by atoms with Crippen LogP contribution in [0.5, 0.6) is 0 Å². The van der Waals surface area contributed by atoms with E-state index in [-0.39, 0.29) is 18.6 Å². The molecule has 5 heteroatoms. The van der Waals surface area contributed by atoms with Gasteiger partial charge in [0.25, 0.3) is 5.91 Å². The molecule has 2 N–H and O–H groups in total. The van der Waals surface area contributed by atoms with Gasteiger partial charge in [-0.05, 0) is 31.8 Å². The highest BCUT2D eigenvalue weighted by Gasteiger charge is 2.14. The molecule has 94 valence electrons. The maximum Gasteiger partial charge on any atom is 0.269 e. The Bertz CT molecular complexity index is 203. The van der Waals surface area contributed by atoms with Crippen LogP contribution in [0, 0.1) is 5.92 Å². The number of ether oxygens (including phenoxy) is 1. The molecule has 0 atom stereocenters. The highest BCUT2D eigenvalue weighted by atomic mass is 16.7. The van der Waals surface area contributed by atoms with E-state index in [9.17, 15) is 4.79 Å². The normalized spacial score (nSPS) is 17.7. The number of carbonyl (C=O) groups excluding carboxylic acids is 1. The lowest BCUT2D eigenvalue weighted by Crippen LogP contribution is -2.36. The summed E-state index contributed by atoms with van der Waals surface area (Å²) in [5.74, 6) is 0.199. The summed E-state index contributed by atoms with van der Waals surface area (Å²) in [4.78, 5) is 16.3. The van der Waals surface area contributed by atoms with Crippen molar-refractivity contribution in [2.45, 2.75) is 32.8 Å². The summed E-state index contributed by atoms with van der Waals surface area (Å²) in [6.45, 7) is 6.60. The predicted molar refractivity (Wildman–Crippen MR) is 60.8 cm³/mol. The van der Waals surface area contributed by atoms with Gasteiger partial charge in [-0.3, -0.25) is 9.63 Å². The van der Waals surface area contributed by atoms with Gasteiger partial charge in [-0.15, -0.1) is 0 Å². The summed E-state index contributed by atoms with van der Waals surface area (Å²) in [7, 11) is 0. The largest absolute Gasteiger partial charge is 0.368 e. The molecule has 1 rings (SSSR count). The van der Waals surface area contributed by atoms with Crippen LogP contribution < -0.4 is 10.8 Å². The number of hydroxylamine groups is 1. The van der Waals surface area contributed by atoms with Gasteiger partial charge < -0.3 is 10.1 Å². The molecule has 1 saturated heterocycles. The summed E-state index contributed by atoms with van der Waals surface area (Å²) >= 11 is 0. The van der Waals surface area contributed by atoms with Crippen molar-refractivity contribution in [3.63, 3.8) is 0 Å². The molecule has 0 spiro atoms. The van der Waals surface area contributed by atoms with Crippen LogP contribution in [0.25, 0.3) is 0 Å². The minimum atomic E-state index is -0.209. The molecular weight excluding hydrogens is 208 g/mol. The zero-order valence-corrected chi connectivity index (χ0v) is 10.1. The van der Waals surface area contributed by atoms with E-state index in [2.05, 4.69) is 10.8 Å². The van der Waals surface area contributed by atoms with Crippen LogP contribution in [-0.2, 0) is 14.4 Å². The Hall–Kier alpha value is -0.650. The van der Waals surface area contributed by atoms with Gasteiger partial charge in [-0.25, -0.2) is 5.48 Å². The Morgan fingerprint density at radius 1 is 1.44 bits per heavy atom. The predicted octanol–water partition coefficient (Wildman–Crippen LogP) is 0.459. The van der Waals surface area contributed by atoms with Crippen molar-refractivity contribution < 1.29 is 14.4 Å². The highest BCUT2D eigenvalue weighted by Crippen LogP contribution is 2.06. The summed E-state index contributed by atoms with van der Waals surface area (Å²) in [6, 6.07) is 0. The second kappa shape index (κ2) is 7.60. The zero-order chi connectivity index (χ0) is 11.8. The second-order valence-electron chi connectivity index (χ2n) is 4.49. The van der Waals surface area contributed by atoms with Gasteiger partial charge in [-0.1, -0.05) is 13.8 Å². The Balaban J connectivity index is 2.00. The molecule has 1 heterocycles. The minimum Gasteiger partial charge on any atom is -0.368 e. The van der Waals surface area contributed by atoms with Crippen LogP contribution in [0.3, 0.4) is 0 Å². The van der Waals surface area contributed by atoms with Crippen molar-refractivity contribution in [3.05, 3.63) is 0 Å². The molecule has 16 heavy (non-hydrogen) atoms. The Morgan fingerprint density at radius 3 is 2.75 bits per heavy atom. The molecular formula is C11H22N2O3. The van der Waals surface area contributed by atoms with E-state index in [1.807, 2.05) is 13.8 Å². The van der Waals surface area contributed by atoms with Crippen molar-refractivity contribution in [1.29, 1.82) is 0 Å². The summed E-state index contributed by atoms with van der Waals surface area (Å²) in [5, 5.41) is 3.24. The van der Waals surface area contributed by atoms with Gasteiger partial charge in [0, 0.05) is 0 Å². The number of carbonyl (C=O) groups is 1. The molecule has 0 aromatic carbocycles. The number of nitrogens with one attached hydrogen (secondary N) is 2. The average Bonchev–Trinajstić information content (AvgIpc) is 2.27. The molecule has 1 aliphatic heterocycles. The molecule has 0 aliphatic carbocycles. The molecule has 5 nitrogen and oxygen atoms in total. The van der Waals surface area contributed by atoms with E-state index < -0.39 is 0 Å². The molecule has 1 amide bonds. The summed E-state index contributed by atoms with van der Waals surface area (Å²) in [6.07, 6.45) is 2.15. The lowest BCUT2D eigenvalue weighted by atomic mass is 10.1. The fourth-order valence-corrected chi connectivity index (χ4v) is 1.47. The molecule has 0 bridgehead atoms. The van der Waals surface area contributed by atoms with Crippen molar-refractivity contribution in [1.82, 2.24) is 10.8 Å². The maximum atomic E-state index is 11.3. The van der Waals surface area contributed by atoms with E-state index in [4.69, 9.17) is 9.57 Å². The van der Waals surface area contributed by atoms with E-state index >= 15 is 0 Å². The Morgan fingerprint density at radius 2 is 2.12 bits per heavy atom. The van der Waals surface area contributed by atoms with Crippen molar-refractivity contribution in [3.8, 4) is 0 Å². The molecule has 0 unspecified atom stereocenters. The van der Waals surface area contributed by atoms with Crippen LogP contribution in [0.2, 0.25) is 0 Å². The first kappa shape index (κ1) is 13.4. The standard InChI is InChI=1S/C11H22N2O3/c1-9(2)7-16-13-11(14)8-15-10-3-5-12-6-4-10/h9-10,12H,3-8H2,1-2H3,(H,13,14). The molecule has 0 aromatic rings. The second-order valence-corrected chi connectivity index (χ2v) is 4.49. The monoisotopic (exact) mass is 230 g/mol. The first-order chi connectivity index (χ1) is 7.68. The quantitative estimate of drug-likeness (QED) is 0.651. The van der Waals surface area contributed by atoms with Crippen LogP contribution in [-0.4, -0.2) is 38.3 Å². The number of rotatable bonds is 6. The van der Waals surface area contributed by atoms with Crippen LogP contribution >= 0.6 is 0 Å². The van der Waals surface area contributed by atoms with Crippen LogP contribution in [0.1, 0.15) is 26.7 Å². The Labute approximate surface area is 96.8 Å². The van der Waals surface area contributed by atoms with Crippen molar-refractivity contribution in [2.24, 2.45) is 5.92 Å². The highest BCUT2D eigenvalue weighted by molar-refractivity contribution is 5.76. The first-order valence-corrected chi connectivity index (χ1v) is 5.91. The van der Waals surface area contributed by atoms with E-state index in [0.717, 1.165) is 25.9 Å². The molecule has 0 saturated carbocycles. The maximum absolute atomic E-state index is 11.3. The van der Waals surface area contributed by atoms with Crippen LogP contribution in [0.4, 0.5) is 0 Å². The van der Waals surface area contributed by atoms with Gasteiger partial charge in [0.15, 0.2) is 0 Å². The van der Waals surface area contributed by atoms with E-state index in [1.54, 1.807) is 0 Å². The van der Waals surface area contributed by atoms with E-state index in [1.165, 1.54) is 0 Å². The van der Waals surface area contributed by atoms with Gasteiger partial charge in [0.1, 0.15) is 6.61 Å². The summed E-state index contributed by atoms with van der Waals surface area (Å²) < 4.78 is 5.47. The fraction of sp³-hybridized carbons (Fsp3) is 0.909. The van der Waals surface area contributed by atoms with Gasteiger partial charge in [0.2, 0.25) is 0 Å². The third-order valence-electron chi connectivity index (χ3n) is 2.34. The fourth-order valence-electron chi connectivity index (χ4n) is 1.47. The lowest BCUT2D eigenvalue weighted by Gasteiger charge is -2.22. The molecule has 1 fully saturated rings. The number of amides is 1. The number of hydrogen-bond acceptors (Lipinski definition) is 4. The average molecular weight is 230 g/mol. The Kier molecular flexibility index (Phi) is 6.37. The topological polar surface area (TPSA) is 59.6 Å². The smallest absolute Gasteiger partial charge is 0.269 e. The number of piperidine rings is 1. The zero-order valence-electron chi connectivity index (χ0n) is 10.1. The number of hydrogen-bond donors (Lipinski definition) is 2. The van der Waals surface area contributed by atoms with Gasteiger partial charge in [-0.2, -0.15) is 0 Å². The molecule has 0 aromatic heterocycles. The molecule has 1 aliphatic rings. The SMILES string of the molecule is CC(C)CONC(=O)COC1CCNCC1. The third kappa shape index (κ3) is 6.05. The van der Waals surface area contributed by atoms with Gasteiger partial charge in [0.05, 0.1) is 12.7 Å². The third-order valence-corrected chi connectivity index (χ3v) is 2.34. The van der Waals surface area contributed by atoms with E-state index in [0.29, 0.717) is 12.5 Å². The minimum absolute atomic E-state index is 0.0861. The van der Waals surface area contributed by atoms with Crippen molar-refractivity contribution >= 4 is 5.91 Å². The first-order valence-electron chi connectivity index (χ1n) is 5.91. The lowest BCUT2D eigenvalue weighted by molar-refractivity contribution is -0.141. The van der Waals surface area contributed by atoms with Crippen LogP contribution in [0.15, 0.2) is 0 Å². The van der Waals surface area contributed by atoms with Crippen molar-refractivity contribution in [2.75, 3.05) is 26.3 Å². The molecule has 0 radical (unpaired) electrons.